The molecule has 3 heteroatoms. The first-order chi connectivity index (χ1) is 8.54. The number of nitriles is 1. The third-order valence-electron chi connectivity index (χ3n) is 2.88. The van der Waals surface area contributed by atoms with Gasteiger partial charge in [-0.05, 0) is 37.6 Å². The summed E-state index contributed by atoms with van der Waals surface area (Å²) in [7, 11) is 0. The fourth-order valence-corrected chi connectivity index (χ4v) is 1.93. The van der Waals surface area contributed by atoms with Gasteiger partial charge in [-0.15, -0.1) is 0 Å². The number of nitrogens with zero attached hydrogens (tertiary/aromatic N) is 2. The van der Waals surface area contributed by atoms with Gasteiger partial charge >= 0.3 is 0 Å². The van der Waals surface area contributed by atoms with Crippen molar-refractivity contribution in [2.45, 2.75) is 19.3 Å². The van der Waals surface area contributed by atoms with Crippen LogP contribution in [0.3, 0.4) is 0 Å². The first kappa shape index (κ1) is 12.6. The Morgan fingerprint density at radius 1 is 1.17 bits per heavy atom. The van der Waals surface area contributed by atoms with Crippen LogP contribution in [-0.2, 0) is 5.41 Å². The zero-order valence-electron chi connectivity index (χ0n) is 10.3. The van der Waals surface area contributed by atoms with Gasteiger partial charge in [-0.2, -0.15) is 5.26 Å². The molecule has 0 unspecified atom stereocenters. The normalized spacial score (nSPS) is 11.0. The van der Waals surface area contributed by atoms with Crippen molar-refractivity contribution in [3.8, 4) is 17.3 Å². The highest BCUT2D eigenvalue weighted by Crippen LogP contribution is 2.31. The summed E-state index contributed by atoms with van der Waals surface area (Å²) < 4.78 is 0. The Hall–Kier alpha value is -1.85. The third-order valence-corrected chi connectivity index (χ3v) is 3.13. The van der Waals surface area contributed by atoms with E-state index in [4.69, 9.17) is 11.6 Å². The number of benzene rings is 1. The number of hydrogen-bond acceptors (Lipinski definition) is 2. The van der Waals surface area contributed by atoms with E-state index in [-0.39, 0.29) is 0 Å². The molecular weight excluding hydrogens is 244 g/mol. The van der Waals surface area contributed by atoms with Crippen LogP contribution in [0, 0.1) is 11.3 Å². The molecule has 1 heterocycles. The summed E-state index contributed by atoms with van der Waals surface area (Å²) in [5.41, 5.74) is 2.16. The lowest BCUT2D eigenvalue weighted by Crippen LogP contribution is -2.15. The van der Waals surface area contributed by atoms with Gasteiger partial charge in [0, 0.05) is 16.8 Å². The molecule has 2 aromatic rings. The van der Waals surface area contributed by atoms with Crippen molar-refractivity contribution in [3.05, 3.63) is 53.2 Å². The van der Waals surface area contributed by atoms with Crippen LogP contribution in [0.4, 0.5) is 0 Å². The SMILES string of the molecule is CC(C)(C#N)c1cccnc1-c1ccc(Cl)cc1. The first-order valence-corrected chi connectivity index (χ1v) is 6.05. The minimum Gasteiger partial charge on any atom is -0.256 e. The molecule has 1 aromatic carbocycles. The van der Waals surface area contributed by atoms with Crippen molar-refractivity contribution >= 4 is 11.6 Å². The highest BCUT2D eigenvalue weighted by Gasteiger charge is 2.24. The first-order valence-electron chi connectivity index (χ1n) is 5.67. The van der Waals surface area contributed by atoms with Gasteiger partial charge in [-0.25, -0.2) is 0 Å². The lowest BCUT2D eigenvalue weighted by molar-refractivity contribution is 0.685. The van der Waals surface area contributed by atoms with Crippen LogP contribution in [-0.4, -0.2) is 4.98 Å². The van der Waals surface area contributed by atoms with E-state index in [1.165, 1.54) is 0 Å². The van der Waals surface area contributed by atoms with Crippen molar-refractivity contribution < 1.29 is 0 Å². The highest BCUT2D eigenvalue weighted by atomic mass is 35.5. The number of hydrogen-bond donors (Lipinski definition) is 0. The quantitative estimate of drug-likeness (QED) is 0.807. The summed E-state index contributed by atoms with van der Waals surface area (Å²) in [4.78, 5) is 4.40. The van der Waals surface area contributed by atoms with Gasteiger partial charge in [-0.1, -0.05) is 29.8 Å². The predicted octanol–water partition coefficient (Wildman–Crippen LogP) is 4.20. The molecule has 0 aliphatic heterocycles. The van der Waals surface area contributed by atoms with E-state index in [1.54, 1.807) is 6.20 Å². The molecule has 1 aromatic heterocycles. The van der Waals surface area contributed by atoms with Gasteiger partial charge in [0.05, 0.1) is 17.2 Å². The molecule has 18 heavy (non-hydrogen) atoms. The van der Waals surface area contributed by atoms with Crippen LogP contribution in [0.1, 0.15) is 19.4 Å². The molecule has 0 atom stereocenters. The Labute approximate surface area is 112 Å². The van der Waals surface area contributed by atoms with E-state index in [0.717, 1.165) is 16.8 Å². The van der Waals surface area contributed by atoms with Crippen LogP contribution in [0.5, 0.6) is 0 Å². The monoisotopic (exact) mass is 256 g/mol. The smallest absolute Gasteiger partial charge is 0.0787 e. The number of pyridine rings is 1. The summed E-state index contributed by atoms with van der Waals surface area (Å²) in [6, 6.07) is 13.6. The molecular formula is C15H13ClN2. The molecule has 0 bridgehead atoms. The average molecular weight is 257 g/mol. The Balaban J connectivity index is 2.59. The molecule has 0 saturated heterocycles. The molecule has 0 fully saturated rings. The second-order valence-corrected chi connectivity index (χ2v) is 5.08. The molecule has 0 radical (unpaired) electrons. The van der Waals surface area contributed by atoms with E-state index in [9.17, 15) is 5.26 Å². The topological polar surface area (TPSA) is 36.7 Å². The highest BCUT2D eigenvalue weighted by molar-refractivity contribution is 6.30. The summed E-state index contributed by atoms with van der Waals surface area (Å²) >= 11 is 5.88. The van der Waals surface area contributed by atoms with Crippen molar-refractivity contribution in [2.24, 2.45) is 0 Å². The molecule has 0 amide bonds. The standard InChI is InChI=1S/C15H13ClN2/c1-15(2,10-17)13-4-3-9-18-14(13)11-5-7-12(16)8-6-11/h3-9H,1-2H3. The van der Waals surface area contributed by atoms with E-state index >= 15 is 0 Å². The Morgan fingerprint density at radius 3 is 2.44 bits per heavy atom. The summed E-state index contributed by atoms with van der Waals surface area (Å²) in [5, 5.41) is 9.95. The van der Waals surface area contributed by atoms with E-state index in [2.05, 4.69) is 11.1 Å². The number of rotatable bonds is 2. The predicted molar refractivity (Wildman–Crippen MR) is 73.3 cm³/mol. The van der Waals surface area contributed by atoms with Crippen LogP contribution in [0.2, 0.25) is 5.02 Å². The Morgan fingerprint density at radius 2 is 1.83 bits per heavy atom. The summed E-state index contributed by atoms with van der Waals surface area (Å²) in [6.07, 6.45) is 1.74. The second-order valence-electron chi connectivity index (χ2n) is 4.64. The number of aromatic nitrogens is 1. The maximum Gasteiger partial charge on any atom is 0.0787 e. The minimum absolute atomic E-state index is 0.566. The van der Waals surface area contributed by atoms with Gasteiger partial charge < -0.3 is 0 Å². The zero-order chi connectivity index (χ0) is 13.2. The average Bonchev–Trinajstić information content (AvgIpc) is 2.40. The van der Waals surface area contributed by atoms with Crippen LogP contribution in [0.15, 0.2) is 42.6 Å². The fraction of sp³-hybridized carbons (Fsp3) is 0.200. The van der Waals surface area contributed by atoms with Crippen LogP contribution >= 0.6 is 11.6 Å². The summed E-state index contributed by atoms with van der Waals surface area (Å²) in [5.74, 6) is 0. The Bertz CT molecular complexity index is 595. The van der Waals surface area contributed by atoms with Gasteiger partial charge in [0.25, 0.3) is 0 Å². The van der Waals surface area contributed by atoms with E-state index < -0.39 is 5.41 Å². The van der Waals surface area contributed by atoms with Crippen molar-refractivity contribution in [2.75, 3.05) is 0 Å². The molecule has 0 aliphatic carbocycles. The molecule has 0 saturated carbocycles. The second kappa shape index (κ2) is 4.80. The molecule has 0 spiro atoms. The molecule has 2 nitrogen and oxygen atoms in total. The minimum atomic E-state index is -0.566. The van der Waals surface area contributed by atoms with Gasteiger partial charge in [-0.3, -0.25) is 4.98 Å². The fourth-order valence-electron chi connectivity index (χ4n) is 1.81. The lowest BCUT2D eigenvalue weighted by Gasteiger charge is -2.19. The van der Waals surface area contributed by atoms with Crippen molar-refractivity contribution in [3.63, 3.8) is 0 Å². The maximum atomic E-state index is 9.26. The number of halogens is 1. The Kier molecular flexibility index (Phi) is 3.36. The maximum absolute atomic E-state index is 9.26. The zero-order valence-corrected chi connectivity index (χ0v) is 11.1. The van der Waals surface area contributed by atoms with Gasteiger partial charge in [0.2, 0.25) is 0 Å². The third kappa shape index (κ3) is 2.37. The van der Waals surface area contributed by atoms with Gasteiger partial charge in [0.1, 0.15) is 0 Å². The molecule has 0 N–H and O–H groups in total. The van der Waals surface area contributed by atoms with Crippen molar-refractivity contribution in [1.29, 1.82) is 5.26 Å². The largest absolute Gasteiger partial charge is 0.256 e. The summed E-state index contributed by atoms with van der Waals surface area (Å²) in [6.45, 7) is 3.78. The van der Waals surface area contributed by atoms with E-state index in [1.807, 2.05) is 50.2 Å². The molecule has 2 rings (SSSR count). The molecule has 0 aliphatic rings. The lowest BCUT2D eigenvalue weighted by atomic mass is 9.84. The van der Waals surface area contributed by atoms with Crippen molar-refractivity contribution in [1.82, 2.24) is 4.98 Å². The van der Waals surface area contributed by atoms with Crippen LogP contribution < -0.4 is 0 Å². The van der Waals surface area contributed by atoms with E-state index in [0.29, 0.717) is 5.02 Å². The van der Waals surface area contributed by atoms with Gasteiger partial charge in [0.15, 0.2) is 0 Å². The molecule has 90 valence electrons. The van der Waals surface area contributed by atoms with Crippen LogP contribution in [0.25, 0.3) is 11.3 Å².